The third-order valence-electron chi connectivity index (χ3n) is 4.12. The zero-order valence-corrected chi connectivity index (χ0v) is 14.0. The number of nitrogens with one attached hydrogen (secondary N) is 1. The number of hydrogen-bond donors (Lipinski definition) is 1. The minimum Gasteiger partial charge on any atom is -0.380 e. The van der Waals surface area contributed by atoms with Crippen molar-refractivity contribution < 1.29 is 4.74 Å². The molecule has 0 saturated carbocycles. The molecule has 0 spiro atoms. The molecule has 0 fully saturated rings. The van der Waals surface area contributed by atoms with Gasteiger partial charge in [0.05, 0.1) is 12.6 Å². The van der Waals surface area contributed by atoms with Crippen LogP contribution in [-0.4, -0.2) is 7.11 Å². The summed E-state index contributed by atoms with van der Waals surface area (Å²) in [4.78, 5) is 0. The Hall–Kier alpha value is -1.32. The van der Waals surface area contributed by atoms with Crippen molar-refractivity contribution in [1.29, 1.82) is 0 Å². The van der Waals surface area contributed by atoms with Crippen molar-refractivity contribution in [3.63, 3.8) is 0 Å². The molecule has 0 radical (unpaired) electrons. The number of fused-ring (bicyclic) bond motifs is 1. The molecule has 2 aromatic carbocycles. The predicted molar refractivity (Wildman–Crippen MR) is 90.7 cm³/mol. The highest BCUT2D eigenvalue weighted by atomic mass is 79.9. The number of aryl methyl sites for hydroxylation is 2. The van der Waals surface area contributed by atoms with E-state index < -0.39 is 0 Å². The minimum atomic E-state index is 0.393. The highest BCUT2D eigenvalue weighted by Gasteiger charge is 2.23. The van der Waals surface area contributed by atoms with E-state index in [4.69, 9.17) is 4.74 Å². The monoisotopic (exact) mass is 345 g/mol. The molecule has 0 heterocycles. The number of methoxy groups -OCH3 is 1. The molecule has 21 heavy (non-hydrogen) atoms. The van der Waals surface area contributed by atoms with Crippen LogP contribution in [0.5, 0.6) is 0 Å². The smallest absolute Gasteiger partial charge is 0.0744 e. The highest BCUT2D eigenvalue weighted by Crippen LogP contribution is 2.36. The van der Waals surface area contributed by atoms with Gasteiger partial charge < -0.3 is 10.1 Å². The first kappa shape index (κ1) is 14.6. The summed E-state index contributed by atoms with van der Waals surface area (Å²) in [6, 6.07) is 13.4. The molecule has 2 aromatic rings. The quantitative estimate of drug-likeness (QED) is 0.841. The predicted octanol–water partition coefficient (Wildman–Crippen LogP) is 5.00. The summed E-state index contributed by atoms with van der Waals surface area (Å²) in [6.45, 7) is 2.77. The van der Waals surface area contributed by atoms with E-state index in [1.165, 1.54) is 22.3 Å². The molecule has 1 aliphatic rings. The van der Waals surface area contributed by atoms with Gasteiger partial charge in [0.15, 0.2) is 0 Å². The Balaban J connectivity index is 1.89. The Kier molecular flexibility index (Phi) is 4.32. The molecule has 0 aliphatic heterocycles. The van der Waals surface area contributed by atoms with Gasteiger partial charge in [0.25, 0.3) is 0 Å². The van der Waals surface area contributed by atoms with Crippen LogP contribution in [0.3, 0.4) is 0 Å². The van der Waals surface area contributed by atoms with E-state index in [2.05, 4.69) is 64.6 Å². The zero-order chi connectivity index (χ0) is 14.8. The van der Waals surface area contributed by atoms with E-state index in [0.29, 0.717) is 12.6 Å². The van der Waals surface area contributed by atoms with Crippen LogP contribution in [0.1, 0.15) is 34.7 Å². The lowest BCUT2D eigenvalue weighted by atomic mass is 10.0. The van der Waals surface area contributed by atoms with Gasteiger partial charge in [-0.25, -0.2) is 0 Å². The average Bonchev–Trinajstić information content (AvgIpc) is 2.85. The molecule has 110 valence electrons. The maximum atomic E-state index is 5.33. The molecule has 2 nitrogen and oxygen atoms in total. The molecule has 1 aliphatic carbocycles. The van der Waals surface area contributed by atoms with Crippen LogP contribution in [0.15, 0.2) is 40.9 Å². The van der Waals surface area contributed by atoms with Crippen LogP contribution < -0.4 is 5.32 Å². The van der Waals surface area contributed by atoms with E-state index in [1.807, 2.05) is 0 Å². The summed E-state index contributed by atoms with van der Waals surface area (Å²) in [5.74, 6) is 0. The SMILES string of the molecule is COCc1c(Br)cccc1NC1CCc2ccc(C)cc21. The molecular formula is C18H20BrNO. The van der Waals surface area contributed by atoms with E-state index >= 15 is 0 Å². The van der Waals surface area contributed by atoms with E-state index in [-0.39, 0.29) is 0 Å². The van der Waals surface area contributed by atoms with Crippen LogP contribution in [0.2, 0.25) is 0 Å². The number of ether oxygens (including phenoxy) is 1. The Labute approximate surface area is 134 Å². The van der Waals surface area contributed by atoms with Gasteiger partial charge in [-0.15, -0.1) is 0 Å². The molecule has 0 bridgehead atoms. The molecule has 0 saturated heterocycles. The third kappa shape index (κ3) is 2.99. The van der Waals surface area contributed by atoms with Gasteiger partial charge in [-0.05, 0) is 43.0 Å². The molecule has 3 rings (SSSR count). The Morgan fingerprint density at radius 2 is 2.14 bits per heavy atom. The zero-order valence-electron chi connectivity index (χ0n) is 12.4. The first-order chi connectivity index (χ1) is 10.2. The average molecular weight is 346 g/mol. The molecule has 1 unspecified atom stereocenters. The van der Waals surface area contributed by atoms with Crippen LogP contribution in [0.25, 0.3) is 0 Å². The highest BCUT2D eigenvalue weighted by molar-refractivity contribution is 9.10. The number of hydrogen-bond acceptors (Lipinski definition) is 2. The summed E-state index contributed by atoms with van der Waals surface area (Å²) in [5.41, 5.74) is 6.58. The second-order valence-corrected chi connectivity index (χ2v) is 6.49. The van der Waals surface area contributed by atoms with E-state index in [1.54, 1.807) is 7.11 Å². The normalized spacial score (nSPS) is 16.8. The molecule has 1 N–H and O–H groups in total. The van der Waals surface area contributed by atoms with Crippen LogP contribution >= 0.6 is 15.9 Å². The fourth-order valence-electron chi connectivity index (χ4n) is 3.04. The summed E-state index contributed by atoms with van der Waals surface area (Å²) in [5, 5.41) is 3.71. The third-order valence-corrected chi connectivity index (χ3v) is 4.86. The maximum absolute atomic E-state index is 5.33. The molecule has 1 atom stereocenters. The number of rotatable bonds is 4. The standard InChI is InChI=1S/C18H20BrNO/c1-12-6-7-13-8-9-18(14(13)10-12)20-17-5-3-4-16(19)15(17)11-21-2/h3-7,10,18,20H,8-9,11H2,1-2H3. The lowest BCUT2D eigenvalue weighted by molar-refractivity contribution is 0.185. The van der Waals surface area contributed by atoms with Gasteiger partial charge in [-0.3, -0.25) is 0 Å². The van der Waals surface area contributed by atoms with Crippen molar-refractivity contribution in [2.75, 3.05) is 12.4 Å². The largest absolute Gasteiger partial charge is 0.380 e. The van der Waals surface area contributed by atoms with Crippen molar-refractivity contribution in [1.82, 2.24) is 0 Å². The summed E-state index contributed by atoms with van der Waals surface area (Å²) >= 11 is 3.62. The lowest BCUT2D eigenvalue weighted by Crippen LogP contribution is -2.09. The van der Waals surface area contributed by atoms with Gasteiger partial charge in [0.2, 0.25) is 0 Å². The van der Waals surface area contributed by atoms with E-state index in [0.717, 1.165) is 23.0 Å². The summed E-state index contributed by atoms with van der Waals surface area (Å²) in [6.07, 6.45) is 2.30. The lowest BCUT2D eigenvalue weighted by Gasteiger charge is -2.19. The van der Waals surface area contributed by atoms with Crippen molar-refractivity contribution in [3.8, 4) is 0 Å². The first-order valence-corrected chi connectivity index (χ1v) is 8.10. The summed E-state index contributed by atoms with van der Waals surface area (Å²) < 4.78 is 6.43. The van der Waals surface area contributed by atoms with Crippen LogP contribution in [0, 0.1) is 6.92 Å². The first-order valence-electron chi connectivity index (χ1n) is 7.31. The summed E-state index contributed by atoms with van der Waals surface area (Å²) in [7, 11) is 1.73. The topological polar surface area (TPSA) is 21.3 Å². The van der Waals surface area contributed by atoms with Crippen molar-refractivity contribution >= 4 is 21.6 Å². The van der Waals surface area contributed by atoms with Gasteiger partial charge in [0.1, 0.15) is 0 Å². The van der Waals surface area contributed by atoms with Gasteiger partial charge in [-0.2, -0.15) is 0 Å². The number of halogens is 1. The fraction of sp³-hybridized carbons (Fsp3) is 0.333. The second-order valence-electron chi connectivity index (χ2n) is 5.64. The van der Waals surface area contributed by atoms with Crippen LogP contribution in [0.4, 0.5) is 5.69 Å². The molecular weight excluding hydrogens is 326 g/mol. The maximum Gasteiger partial charge on any atom is 0.0744 e. The second kappa shape index (κ2) is 6.20. The Bertz CT molecular complexity index is 654. The van der Waals surface area contributed by atoms with Gasteiger partial charge >= 0.3 is 0 Å². The molecule has 0 amide bonds. The number of anilines is 1. The van der Waals surface area contributed by atoms with Crippen LogP contribution in [-0.2, 0) is 17.8 Å². The Morgan fingerprint density at radius 3 is 2.95 bits per heavy atom. The Morgan fingerprint density at radius 1 is 1.29 bits per heavy atom. The van der Waals surface area contributed by atoms with Crippen molar-refractivity contribution in [2.45, 2.75) is 32.4 Å². The van der Waals surface area contributed by atoms with Crippen molar-refractivity contribution in [2.24, 2.45) is 0 Å². The molecule has 3 heteroatoms. The fourth-order valence-corrected chi connectivity index (χ4v) is 3.52. The minimum absolute atomic E-state index is 0.393. The van der Waals surface area contributed by atoms with Gasteiger partial charge in [-0.1, -0.05) is 45.8 Å². The number of benzene rings is 2. The van der Waals surface area contributed by atoms with Crippen molar-refractivity contribution in [3.05, 3.63) is 63.1 Å². The van der Waals surface area contributed by atoms with E-state index in [9.17, 15) is 0 Å². The van der Waals surface area contributed by atoms with Gasteiger partial charge in [0, 0.05) is 22.8 Å². The molecule has 0 aromatic heterocycles.